The Balaban J connectivity index is 1.81. The predicted molar refractivity (Wildman–Crippen MR) is 128 cm³/mol. The van der Waals surface area contributed by atoms with E-state index in [1.807, 2.05) is 56.4 Å². The van der Waals surface area contributed by atoms with Crippen molar-refractivity contribution >= 4 is 21.8 Å². The second-order valence-corrected chi connectivity index (χ2v) is 7.27. The van der Waals surface area contributed by atoms with Crippen LogP contribution in [0.2, 0.25) is 0 Å². The quantitative estimate of drug-likeness (QED) is 0.228. The van der Waals surface area contributed by atoms with E-state index in [1.165, 1.54) is 0 Å². The van der Waals surface area contributed by atoms with Gasteiger partial charge in [-0.3, -0.25) is 0 Å². The van der Waals surface area contributed by atoms with Gasteiger partial charge in [-0.1, -0.05) is 18.2 Å². The van der Waals surface area contributed by atoms with Gasteiger partial charge in [-0.15, -0.1) is 0 Å². The van der Waals surface area contributed by atoms with Crippen LogP contribution < -0.4 is 14.3 Å². The van der Waals surface area contributed by atoms with E-state index in [2.05, 4.69) is 9.97 Å². The van der Waals surface area contributed by atoms with Gasteiger partial charge >= 0.3 is 6.48 Å². The summed E-state index contributed by atoms with van der Waals surface area (Å²) < 4.78 is 29.3. The van der Waals surface area contributed by atoms with Gasteiger partial charge in [0.15, 0.2) is 11.5 Å². The number of hydrogen-bond donors (Lipinski definition) is 0. The molecule has 0 fully saturated rings. The summed E-state index contributed by atoms with van der Waals surface area (Å²) in [6.45, 7) is 4.75. The van der Waals surface area contributed by atoms with E-state index in [-0.39, 0.29) is 0 Å². The van der Waals surface area contributed by atoms with Gasteiger partial charge in [0, 0.05) is 29.5 Å². The third-order valence-corrected chi connectivity index (χ3v) is 5.20. The van der Waals surface area contributed by atoms with Gasteiger partial charge in [0.2, 0.25) is 0 Å². The number of aromatic nitrogens is 3. The number of methoxy groups -OCH3 is 2. The Labute approximate surface area is 198 Å². The fraction of sp³-hybridized carbons (Fsp3) is 0.360. The summed E-state index contributed by atoms with van der Waals surface area (Å²) in [6, 6.07) is 11.7. The van der Waals surface area contributed by atoms with Crippen molar-refractivity contribution in [1.29, 1.82) is 0 Å². The number of benzene rings is 2. The lowest BCUT2D eigenvalue weighted by Crippen LogP contribution is -2.30. The molecule has 2 aromatic carbocycles. The first-order chi connectivity index (χ1) is 16.7. The first kappa shape index (κ1) is 23.7. The molecule has 0 atom stereocenters. The Morgan fingerprint density at radius 3 is 2.44 bits per heavy atom. The normalized spacial score (nSPS) is 11.4. The summed E-state index contributed by atoms with van der Waals surface area (Å²) in [6.07, 6.45) is 3.42. The molecule has 0 spiro atoms. The standard InChI is InChI=1S/C25H29N3O6/c1-5-31-25(32-6-2)34-28-15-19(17-9-7-8-10-21(17)28)24-18-13-22(30-4)23(33-12-11-29-3)14-20(18)26-16-27-24/h7-10,13-16,25H,5-6,11-12H2,1-4H3. The highest BCUT2D eigenvalue weighted by atomic mass is 16.9. The highest BCUT2D eigenvalue weighted by molar-refractivity contribution is 6.03. The van der Waals surface area contributed by atoms with Crippen molar-refractivity contribution in [3.05, 3.63) is 48.9 Å². The monoisotopic (exact) mass is 467 g/mol. The number of nitrogens with zero attached hydrogens (tertiary/aromatic N) is 3. The Morgan fingerprint density at radius 2 is 1.71 bits per heavy atom. The summed E-state index contributed by atoms with van der Waals surface area (Å²) in [5.41, 5.74) is 3.22. The number of rotatable bonds is 12. The van der Waals surface area contributed by atoms with E-state index in [4.69, 9.17) is 28.5 Å². The average molecular weight is 468 g/mol. The Kier molecular flexibility index (Phi) is 7.79. The molecule has 0 unspecified atom stereocenters. The van der Waals surface area contributed by atoms with Crippen LogP contribution in [0.15, 0.2) is 48.9 Å². The van der Waals surface area contributed by atoms with E-state index in [9.17, 15) is 0 Å². The molecule has 0 aliphatic rings. The lowest BCUT2D eigenvalue weighted by molar-refractivity contribution is -0.282. The van der Waals surface area contributed by atoms with Crippen molar-refractivity contribution in [2.75, 3.05) is 40.6 Å². The molecule has 0 saturated heterocycles. The molecule has 34 heavy (non-hydrogen) atoms. The van der Waals surface area contributed by atoms with Gasteiger partial charge in [0.1, 0.15) is 12.9 Å². The number of ether oxygens (including phenoxy) is 5. The molecule has 2 heterocycles. The molecule has 0 N–H and O–H groups in total. The second-order valence-electron chi connectivity index (χ2n) is 7.27. The fourth-order valence-electron chi connectivity index (χ4n) is 3.69. The van der Waals surface area contributed by atoms with E-state index in [0.717, 1.165) is 33.1 Å². The minimum atomic E-state index is -0.826. The van der Waals surface area contributed by atoms with Gasteiger partial charge < -0.3 is 28.5 Å². The van der Waals surface area contributed by atoms with Crippen molar-refractivity contribution in [2.24, 2.45) is 0 Å². The zero-order valence-corrected chi connectivity index (χ0v) is 19.8. The molecule has 0 amide bonds. The number of hydrogen-bond acceptors (Lipinski definition) is 8. The maximum Gasteiger partial charge on any atom is 0.337 e. The van der Waals surface area contributed by atoms with Crippen molar-refractivity contribution in [2.45, 2.75) is 20.3 Å². The first-order valence-corrected chi connectivity index (χ1v) is 11.1. The Bertz CT molecular complexity index is 1240. The van der Waals surface area contributed by atoms with Crippen LogP contribution in [0.3, 0.4) is 0 Å². The van der Waals surface area contributed by atoms with Crippen LogP contribution in [0.4, 0.5) is 0 Å². The molecule has 0 aliphatic heterocycles. The second kappa shape index (κ2) is 11.1. The minimum Gasteiger partial charge on any atom is -0.493 e. The van der Waals surface area contributed by atoms with E-state index in [0.29, 0.717) is 37.9 Å². The van der Waals surface area contributed by atoms with Crippen LogP contribution in [0, 0.1) is 0 Å². The molecule has 4 rings (SSSR count). The van der Waals surface area contributed by atoms with Crippen LogP contribution in [-0.4, -0.2) is 61.8 Å². The topological polar surface area (TPSA) is 86.1 Å². The SMILES string of the molecule is CCOC(OCC)On1cc(-c2ncnc3cc(OCCOC)c(OC)cc23)c2ccccc21. The smallest absolute Gasteiger partial charge is 0.337 e. The largest absolute Gasteiger partial charge is 0.493 e. The summed E-state index contributed by atoms with van der Waals surface area (Å²) >= 11 is 0. The van der Waals surface area contributed by atoms with Gasteiger partial charge in [-0.05, 0) is 26.0 Å². The summed E-state index contributed by atoms with van der Waals surface area (Å²) in [7, 11) is 3.24. The fourth-order valence-corrected chi connectivity index (χ4v) is 3.69. The maximum absolute atomic E-state index is 6.01. The lowest BCUT2D eigenvalue weighted by Gasteiger charge is -2.18. The number of para-hydroxylation sites is 1. The molecule has 4 aromatic rings. The highest BCUT2D eigenvalue weighted by Crippen LogP contribution is 2.38. The van der Waals surface area contributed by atoms with Gasteiger partial charge in [-0.2, -0.15) is 4.73 Å². The molecule has 0 radical (unpaired) electrons. The molecule has 9 heteroatoms. The average Bonchev–Trinajstić information content (AvgIpc) is 3.22. The van der Waals surface area contributed by atoms with E-state index < -0.39 is 6.48 Å². The molecular formula is C25H29N3O6. The molecule has 0 aliphatic carbocycles. The minimum absolute atomic E-state index is 0.405. The molecule has 2 aromatic heterocycles. The number of fused-ring (bicyclic) bond motifs is 2. The molecule has 9 nitrogen and oxygen atoms in total. The first-order valence-electron chi connectivity index (χ1n) is 11.1. The van der Waals surface area contributed by atoms with E-state index >= 15 is 0 Å². The maximum atomic E-state index is 6.01. The van der Waals surface area contributed by atoms with Crippen molar-refractivity contribution in [3.8, 4) is 22.8 Å². The lowest BCUT2D eigenvalue weighted by atomic mass is 10.1. The predicted octanol–water partition coefficient (Wildman–Crippen LogP) is 4.07. The summed E-state index contributed by atoms with van der Waals surface area (Å²) in [5.74, 6) is 1.19. The van der Waals surface area contributed by atoms with Crippen LogP contribution in [0.1, 0.15) is 13.8 Å². The summed E-state index contributed by atoms with van der Waals surface area (Å²) in [4.78, 5) is 15.1. The molecule has 0 saturated carbocycles. The van der Waals surface area contributed by atoms with Gasteiger partial charge in [0.25, 0.3) is 0 Å². The van der Waals surface area contributed by atoms with Crippen molar-refractivity contribution in [3.63, 3.8) is 0 Å². The Morgan fingerprint density at radius 1 is 0.912 bits per heavy atom. The third-order valence-electron chi connectivity index (χ3n) is 5.20. The van der Waals surface area contributed by atoms with Crippen LogP contribution in [0.5, 0.6) is 11.5 Å². The molecule has 0 bridgehead atoms. The highest BCUT2D eigenvalue weighted by Gasteiger charge is 2.19. The van der Waals surface area contributed by atoms with Gasteiger partial charge in [0.05, 0.1) is 49.9 Å². The van der Waals surface area contributed by atoms with Crippen LogP contribution in [-0.2, 0) is 14.2 Å². The van der Waals surface area contributed by atoms with Gasteiger partial charge in [-0.25, -0.2) is 9.97 Å². The van der Waals surface area contributed by atoms with E-state index in [1.54, 1.807) is 25.3 Å². The van der Waals surface area contributed by atoms with Crippen LogP contribution in [0.25, 0.3) is 33.1 Å². The zero-order valence-electron chi connectivity index (χ0n) is 19.8. The van der Waals surface area contributed by atoms with Crippen molar-refractivity contribution in [1.82, 2.24) is 14.7 Å². The summed E-state index contributed by atoms with van der Waals surface area (Å²) in [5, 5.41) is 1.79. The van der Waals surface area contributed by atoms with Crippen molar-refractivity contribution < 1.29 is 28.5 Å². The molecule has 180 valence electrons. The molecular weight excluding hydrogens is 438 g/mol. The zero-order chi connectivity index (χ0) is 23.9. The Hall–Kier alpha value is -3.40. The third kappa shape index (κ3) is 4.91. The van der Waals surface area contributed by atoms with Crippen LogP contribution >= 0.6 is 0 Å².